The molecule has 1 saturated heterocycles. The number of anilines is 2. The quantitative estimate of drug-likeness (QED) is 0.668. The van der Waals surface area contributed by atoms with Crippen molar-refractivity contribution in [2.45, 2.75) is 38.1 Å². The van der Waals surface area contributed by atoms with Crippen LogP contribution in [-0.2, 0) is 4.79 Å². The molecule has 114 valence electrons. The molecule has 0 aromatic heterocycles. The molecule has 5 N–H and O–H groups in total. The van der Waals surface area contributed by atoms with E-state index in [1.165, 1.54) is 12.8 Å². The minimum atomic E-state index is -0.623. The molecule has 1 fully saturated rings. The zero-order chi connectivity index (χ0) is 15.1. The third kappa shape index (κ3) is 5.43. The van der Waals surface area contributed by atoms with Gasteiger partial charge < -0.3 is 21.7 Å². The van der Waals surface area contributed by atoms with E-state index in [0.29, 0.717) is 23.8 Å². The Labute approximate surface area is 124 Å². The first-order chi connectivity index (χ1) is 10.1. The van der Waals surface area contributed by atoms with Crippen LogP contribution in [0.25, 0.3) is 0 Å². The van der Waals surface area contributed by atoms with Gasteiger partial charge in [0.25, 0.3) is 0 Å². The van der Waals surface area contributed by atoms with Crippen molar-refractivity contribution in [3.05, 3.63) is 24.3 Å². The highest BCUT2D eigenvalue weighted by molar-refractivity contribution is 5.93. The number of primary amides is 1. The van der Waals surface area contributed by atoms with Crippen molar-refractivity contribution in [1.82, 2.24) is 5.32 Å². The Kier molecular flexibility index (Phi) is 5.57. The molecule has 1 aromatic carbocycles. The third-order valence-electron chi connectivity index (χ3n) is 3.55. The van der Waals surface area contributed by atoms with Crippen molar-refractivity contribution in [3.63, 3.8) is 0 Å². The number of hydrogen-bond acceptors (Lipinski definition) is 3. The summed E-state index contributed by atoms with van der Waals surface area (Å²) in [5.74, 6) is -0.0152. The first-order valence-corrected chi connectivity index (χ1v) is 7.33. The average molecular weight is 290 g/mol. The van der Waals surface area contributed by atoms with Gasteiger partial charge >= 0.3 is 6.03 Å². The van der Waals surface area contributed by atoms with Gasteiger partial charge in [-0.1, -0.05) is 12.5 Å². The van der Waals surface area contributed by atoms with Gasteiger partial charge in [-0.2, -0.15) is 0 Å². The fourth-order valence-electron chi connectivity index (χ4n) is 2.52. The van der Waals surface area contributed by atoms with Crippen LogP contribution in [0.4, 0.5) is 16.2 Å². The van der Waals surface area contributed by atoms with Crippen LogP contribution in [0.15, 0.2) is 24.3 Å². The molecule has 1 unspecified atom stereocenters. The zero-order valence-corrected chi connectivity index (χ0v) is 12.0. The summed E-state index contributed by atoms with van der Waals surface area (Å²) in [5, 5.41) is 8.74. The molecule has 21 heavy (non-hydrogen) atoms. The van der Waals surface area contributed by atoms with E-state index in [1.807, 2.05) is 0 Å². The number of carbonyl (C=O) groups excluding carboxylic acids is 2. The Morgan fingerprint density at radius 3 is 2.67 bits per heavy atom. The highest BCUT2D eigenvalue weighted by atomic mass is 16.2. The first-order valence-electron chi connectivity index (χ1n) is 7.33. The van der Waals surface area contributed by atoms with Gasteiger partial charge in [-0.15, -0.1) is 0 Å². The Morgan fingerprint density at radius 1 is 1.24 bits per heavy atom. The van der Waals surface area contributed by atoms with Crippen molar-refractivity contribution in [1.29, 1.82) is 0 Å². The third-order valence-corrected chi connectivity index (χ3v) is 3.55. The summed E-state index contributed by atoms with van der Waals surface area (Å²) in [4.78, 5) is 22.7. The average Bonchev–Trinajstić information content (AvgIpc) is 2.46. The fourth-order valence-corrected chi connectivity index (χ4v) is 2.52. The maximum atomic E-state index is 11.9. The summed E-state index contributed by atoms with van der Waals surface area (Å²) in [5.41, 5.74) is 6.28. The van der Waals surface area contributed by atoms with Gasteiger partial charge in [0.2, 0.25) is 5.91 Å². The number of nitrogens with one attached hydrogen (secondary N) is 3. The van der Waals surface area contributed by atoms with Crippen molar-refractivity contribution >= 4 is 23.3 Å². The standard InChI is InChI=1S/C15H22N4O2/c16-15(21)19-13-6-3-5-12(10-13)18-14(20)8-7-11-4-1-2-9-17-11/h3,5-6,10-11,17H,1-2,4,7-9H2,(H,18,20)(H3,16,19,21). The van der Waals surface area contributed by atoms with Crippen LogP contribution in [0.1, 0.15) is 32.1 Å². The van der Waals surface area contributed by atoms with E-state index in [2.05, 4.69) is 16.0 Å². The van der Waals surface area contributed by atoms with Crippen molar-refractivity contribution in [3.8, 4) is 0 Å². The van der Waals surface area contributed by atoms with Gasteiger partial charge in [0.05, 0.1) is 0 Å². The van der Waals surface area contributed by atoms with E-state index in [-0.39, 0.29) is 5.91 Å². The summed E-state index contributed by atoms with van der Waals surface area (Å²) >= 11 is 0. The van der Waals surface area contributed by atoms with Gasteiger partial charge in [-0.05, 0) is 44.0 Å². The number of urea groups is 1. The normalized spacial score (nSPS) is 18.0. The lowest BCUT2D eigenvalue weighted by Gasteiger charge is -2.23. The topological polar surface area (TPSA) is 96.2 Å². The molecule has 1 aliphatic rings. The summed E-state index contributed by atoms with van der Waals surface area (Å²) in [7, 11) is 0. The predicted octanol–water partition coefficient (Wildman–Crippen LogP) is 2.04. The summed E-state index contributed by atoms with van der Waals surface area (Å²) in [6.07, 6.45) is 4.95. The predicted molar refractivity (Wildman–Crippen MR) is 83.2 cm³/mol. The van der Waals surface area contributed by atoms with Gasteiger partial charge in [0.1, 0.15) is 0 Å². The SMILES string of the molecule is NC(=O)Nc1cccc(NC(=O)CCC2CCCCN2)c1. The van der Waals surface area contributed by atoms with E-state index >= 15 is 0 Å². The molecule has 0 saturated carbocycles. The van der Waals surface area contributed by atoms with Crippen LogP contribution >= 0.6 is 0 Å². The first kappa shape index (κ1) is 15.3. The van der Waals surface area contributed by atoms with Crippen LogP contribution in [-0.4, -0.2) is 24.5 Å². The smallest absolute Gasteiger partial charge is 0.316 e. The molecule has 1 heterocycles. The largest absolute Gasteiger partial charge is 0.351 e. The Balaban J connectivity index is 1.80. The van der Waals surface area contributed by atoms with Crippen LogP contribution in [0.5, 0.6) is 0 Å². The highest BCUT2D eigenvalue weighted by Gasteiger charge is 2.14. The maximum absolute atomic E-state index is 11.9. The Hall–Kier alpha value is -2.08. The second kappa shape index (κ2) is 7.64. The van der Waals surface area contributed by atoms with E-state index in [0.717, 1.165) is 19.4 Å². The Morgan fingerprint density at radius 2 is 2.00 bits per heavy atom. The molecule has 6 heteroatoms. The van der Waals surface area contributed by atoms with E-state index in [4.69, 9.17) is 5.73 Å². The second-order valence-corrected chi connectivity index (χ2v) is 5.30. The van der Waals surface area contributed by atoms with E-state index in [9.17, 15) is 9.59 Å². The van der Waals surface area contributed by atoms with Gasteiger partial charge in [0, 0.05) is 23.8 Å². The van der Waals surface area contributed by atoms with Crippen LogP contribution in [0.3, 0.4) is 0 Å². The van der Waals surface area contributed by atoms with Crippen LogP contribution in [0.2, 0.25) is 0 Å². The van der Waals surface area contributed by atoms with Crippen molar-refractivity contribution in [2.24, 2.45) is 5.73 Å². The number of carbonyl (C=O) groups is 2. The molecule has 1 atom stereocenters. The molecular formula is C15H22N4O2. The molecule has 1 aromatic rings. The number of piperidine rings is 1. The molecule has 0 aliphatic carbocycles. The summed E-state index contributed by atoms with van der Waals surface area (Å²) in [6.45, 7) is 1.05. The molecule has 0 bridgehead atoms. The molecule has 2 rings (SSSR count). The molecule has 0 spiro atoms. The molecule has 1 aliphatic heterocycles. The number of nitrogens with two attached hydrogens (primary N) is 1. The molecular weight excluding hydrogens is 268 g/mol. The number of amides is 3. The van der Waals surface area contributed by atoms with Crippen molar-refractivity contribution in [2.75, 3.05) is 17.2 Å². The van der Waals surface area contributed by atoms with Crippen LogP contribution in [0, 0.1) is 0 Å². The molecule has 3 amide bonds. The number of hydrogen-bond donors (Lipinski definition) is 4. The minimum absolute atomic E-state index is 0.0152. The number of benzene rings is 1. The lowest BCUT2D eigenvalue weighted by Crippen LogP contribution is -2.34. The highest BCUT2D eigenvalue weighted by Crippen LogP contribution is 2.16. The summed E-state index contributed by atoms with van der Waals surface area (Å²) < 4.78 is 0. The van der Waals surface area contributed by atoms with E-state index < -0.39 is 6.03 Å². The Bertz CT molecular complexity index is 498. The van der Waals surface area contributed by atoms with E-state index in [1.54, 1.807) is 24.3 Å². The summed E-state index contributed by atoms with van der Waals surface area (Å²) in [6, 6.07) is 6.76. The fraction of sp³-hybridized carbons (Fsp3) is 0.467. The van der Waals surface area contributed by atoms with Gasteiger partial charge in [-0.3, -0.25) is 4.79 Å². The second-order valence-electron chi connectivity index (χ2n) is 5.30. The lowest BCUT2D eigenvalue weighted by atomic mass is 10.0. The monoisotopic (exact) mass is 290 g/mol. The van der Waals surface area contributed by atoms with Gasteiger partial charge in [-0.25, -0.2) is 4.79 Å². The maximum Gasteiger partial charge on any atom is 0.316 e. The van der Waals surface area contributed by atoms with Crippen molar-refractivity contribution < 1.29 is 9.59 Å². The molecule has 0 radical (unpaired) electrons. The zero-order valence-electron chi connectivity index (χ0n) is 12.0. The van der Waals surface area contributed by atoms with Crippen LogP contribution < -0.4 is 21.7 Å². The lowest BCUT2D eigenvalue weighted by molar-refractivity contribution is -0.116. The number of rotatable bonds is 5. The molecule has 6 nitrogen and oxygen atoms in total. The minimum Gasteiger partial charge on any atom is -0.351 e. The van der Waals surface area contributed by atoms with Gasteiger partial charge in [0.15, 0.2) is 0 Å².